The van der Waals surface area contributed by atoms with Gasteiger partial charge in [-0.15, -0.1) is 11.3 Å². The van der Waals surface area contributed by atoms with Gasteiger partial charge in [0.2, 0.25) is 5.91 Å². The number of carbonyl (C=O) groups excluding carboxylic acids is 1. The van der Waals surface area contributed by atoms with Crippen molar-refractivity contribution < 1.29 is 4.79 Å². The first-order valence-corrected chi connectivity index (χ1v) is 13.6. The molecule has 3 heterocycles. The van der Waals surface area contributed by atoms with Crippen molar-refractivity contribution in [1.29, 1.82) is 0 Å². The van der Waals surface area contributed by atoms with E-state index in [4.69, 9.17) is 0 Å². The van der Waals surface area contributed by atoms with E-state index in [-0.39, 0.29) is 17.4 Å². The summed E-state index contributed by atoms with van der Waals surface area (Å²) in [6.45, 7) is 2.11. The molecule has 0 spiro atoms. The highest BCUT2D eigenvalue weighted by Gasteiger charge is 2.46. The fourth-order valence-corrected chi connectivity index (χ4v) is 6.76. The highest BCUT2D eigenvalue weighted by molar-refractivity contribution is 7.17. The zero-order valence-corrected chi connectivity index (χ0v) is 20.5. The summed E-state index contributed by atoms with van der Waals surface area (Å²) >= 11 is 1.69. The molecular formula is C30H28N2O2S. The van der Waals surface area contributed by atoms with Crippen LogP contribution in [0.4, 0.5) is 0 Å². The van der Waals surface area contributed by atoms with Crippen LogP contribution in [0.2, 0.25) is 0 Å². The molecular weight excluding hydrogens is 452 g/mol. The first-order valence-electron chi connectivity index (χ1n) is 12.7. The number of amides is 1. The third-order valence-corrected chi connectivity index (χ3v) is 8.99. The first kappa shape index (κ1) is 21.1. The lowest BCUT2D eigenvalue weighted by Crippen LogP contribution is -2.40. The smallest absolute Gasteiger partial charge is 0.258 e. The number of nitrogens with zero attached hydrogens (tertiary/aromatic N) is 2. The molecule has 0 bridgehead atoms. The van der Waals surface area contributed by atoms with Crippen LogP contribution in [0.5, 0.6) is 0 Å². The molecule has 0 unspecified atom stereocenters. The Labute approximate surface area is 208 Å². The van der Waals surface area contributed by atoms with Gasteiger partial charge in [-0.25, -0.2) is 0 Å². The molecule has 0 radical (unpaired) electrons. The van der Waals surface area contributed by atoms with Gasteiger partial charge in [-0.3, -0.25) is 9.59 Å². The van der Waals surface area contributed by atoms with Crippen molar-refractivity contribution in [2.45, 2.75) is 44.7 Å². The summed E-state index contributed by atoms with van der Waals surface area (Å²) in [5.41, 5.74) is 5.48. The van der Waals surface area contributed by atoms with Crippen LogP contribution in [0.3, 0.4) is 0 Å². The van der Waals surface area contributed by atoms with E-state index in [9.17, 15) is 9.59 Å². The third kappa shape index (κ3) is 3.73. The van der Waals surface area contributed by atoms with E-state index < -0.39 is 0 Å². The van der Waals surface area contributed by atoms with Gasteiger partial charge >= 0.3 is 0 Å². The number of aromatic nitrogens is 1. The third-order valence-electron chi connectivity index (χ3n) is 8.02. The van der Waals surface area contributed by atoms with Crippen LogP contribution in [0.25, 0.3) is 21.2 Å². The van der Waals surface area contributed by atoms with E-state index in [1.54, 1.807) is 11.3 Å². The molecule has 3 aliphatic rings. The Bertz CT molecular complexity index is 1500. The predicted octanol–water partition coefficient (Wildman–Crippen LogP) is 5.83. The minimum absolute atomic E-state index is 0.0932. The Morgan fingerprint density at radius 3 is 2.69 bits per heavy atom. The lowest BCUT2D eigenvalue weighted by atomic mass is 9.97. The molecule has 35 heavy (non-hydrogen) atoms. The molecule has 0 saturated heterocycles. The van der Waals surface area contributed by atoms with Crippen molar-refractivity contribution in [3.05, 3.63) is 93.2 Å². The largest absolute Gasteiger partial charge is 0.338 e. The number of rotatable bonds is 5. The van der Waals surface area contributed by atoms with Gasteiger partial charge in [-0.1, -0.05) is 48.5 Å². The van der Waals surface area contributed by atoms with Crippen LogP contribution in [-0.4, -0.2) is 21.9 Å². The van der Waals surface area contributed by atoms with Gasteiger partial charge in [0.25, 0.3) is 5.56 Å². The maximum atomic E-state index is 13.8. The van der Waals surface area contributed by atoms with Gasteiger partial charge in [0.05, 0.1) is 0 Å². The number of benzene rings is 2. The van der Waals surface area contributed by atoms with Crippen LogP contribution >= 0.6 is 11.3 Å². The van der Waals surface area contributed by atoms with Crippen LogP contribution in [0.1, 0.15) is 42.0 Å². The highest BCUT2D eigenvalue weighted by Crippen LogP contribution is 2.48. The fourth-order valence-electron chi connectivity index (χ4n) is 5.83. The van der Waals surface area contributed by atoms with Crippen molar-refractivity contribution in [2.24, 2.45) is 11.8 Å². The van der Waals surface area contributed by atoms with E-state index in [1.807, 2.05) is 17.0 Å². The normalized spacial score (nSPS) is 21.2. The lowest BCUT2D eigenvalue weighted by Gasteiger charge is -2.31. The molecule has 5 heteroatoms. The van der Waals surface area contributed by atoms with Crippen LogP contribution in [0.15, 0.2) is 70.8 Å². The molecule has 2 aromatic heterocycles. The number of thiophene rings is 1. The first-order chi connectivity index (χ1) is 17.2. The highest BCUT2D eigenvalue weighted by atomic mass is 32.1. The average Bonchev–Trinajstić information content (AvgIpc) is 3.82. The van der Waals surface area contributed by atoms with Gasteiger partial charge in [-0.05, 0) is 65.1 Å². The Morgan fingerprint density at radius 1 is 1.00 bits per heavy atom. The minimum atomic E-state index is 0.0932. The molecule has 4 nitrogen and oxygen atoms in total. The molecule has 2 fully saturated rings. The van der Waals surface area contributed by atoms with Crippen LogP contribution < -0.4 is 5.56 Å². The molecule has 1 amide bonds. The lowest BCUT2D eigenvalue weighted by molar-refractivity contribution is -0.133. The Balaban J connectivity index is 1.24. The van der Waals surface area contributed by atoms with E-state index in [1.165, 1.54) is 23.8 Å². The van der Waals surface area contributed by atoms with E-state index in [2.05, 4.69) is 58.5 Å². The molecule has 2 aliphatic carbocycles. The number of carbonyl (C=O) groups is 1. The molecule has 1 aliphatic heterocycles. The van der Waals surface area contributed by atoms with Gasteiger partial charge in [0.1, 0.15) is 0 Å². The van der Waals surface area contributed by atoms with Crippen molar-refractivity contribution in [2.75, 3.05) is 6.54 Å². The minimum Gasteiger partial charge on any atom is -0.338 e. The summed E-state index contributed by atoms with van der Waals surface area (Å²) in [5, 5.41) is 3.27. The predicted molar refractivity (Wildman–Crippen MR) is 141 cm³/mol. The van der Waals surface area contributed by atoms with E-state index in [0.717, 1.165) is 46.5 Å². The number of fused-ring (bicyclic) bond motifs is 2. The average molecular weight is 481 g/mol. The van der Waals surface area contributed by atoms with E-state index in [0.29, 0.717) is 24.9 Å². The summed E-state index contributed by atoms with van der Waals surface area (Å²) in [6.07, 6.45) is 4.12. The Morgan fingerprint density at radius 2 is 1.86 bits per heavy atom. The van der Waals surface area contributed by atoms with Crippen LogP contribution in [0, 0.1) is 11.8 Å². The molecule has 176 valence electrons. The van der Waals surface area contributed by atoms with Crippen molar-refractivity contribution in [3.63, 3.8) is 0 Å². The summed E-state index contributed by atoms with van der Waals surface area (Å²) in [7, 11) is 0. The molecule has 0 N–H and O–H groups in total. The molecule has 4 aromatic rings. The van der Waals surface area contributed by atoms with Gasteiger partial charge in [0, 0.05) is 53.5 Å². The molecule has 2 aromatic carbocycles. The molecule has 7 rings (SSSR count). The molecule has 2 saturated carbocycles. The van der Waals surface area contributed by atoms with Gasteiger partial charge in [-0.2, -0.15) is 0 Å². The topological polar surface area (TPSA) is 42.3 Å². The van der Waals surface area contributed by atoms with Crippen molar-refractivity contribution >= 4 is 27.3 Å². The van der Waals surface area contributed by atoms with Crippen molar-refractivity contribution in [3.8, 4) is 11.1 Å². The fraction of sp³-hybridized carbons (Fsp3) is 0.333. The summed E-state index contributed by atoms with van der Waals surface area (Å²) in [5.74, 6) is 1.32. The number of hydrogen-bond donors (Lipinski definition) is 0. The Kier molecular flexibility index (Phi) is 4.95. The monoisotopic (exact) mass is 480 g/mol. The summed E-state index contributed by atoms with van der Waals surface area (Å²) in [6, 6.07) is 20.8. The quantitative estimate of drug-likeness (QED) is 0.361. The molecule has 2 atom stereocenters. The maximum Gasteiger partial charge on any atom is 0.258 e. The maximum absolute atomic E-state index is 13.8. The van der Waals surface area contributed by atoms with E-state index >= 15 is 0 Å². The number of hydrogen-bond acceptors (Lipinski definition) is 3. The Hall–Kier alpha value is -3.18. The van der Waals surface area contributed by atoms with Crippen molar-refractivity contribution in [1.82, 2.24) is 9.47 Å². The second kappa shape index (κ2) is 8.20. The summed E-state index contributed by atoms with van der Waals surface area (Å²) < 4.78 is 3.22. The van der Waals surface area contributed by atoms with Gasteiger partial charge in [0.15, 0.2) is 0 Å². The zero-order chi connectivity index (χ0) is 23.5. The second-order valence-corrected chi connectivity index (χ2v) is 11.3. The standard InChI is InChI=1S/C30H28N2O2S/c33-29(26-16-24(26)20-5-2-1-3-6-20)31-13-11-27-22(18-31)15-25(30(34)32(27)17-19-9-10-19)23-8-4-7-21-12-14-35-28(21)23/h1-8,12,14-15,19,24,26H,9-11,13,16-18H2/t24-,26+/m0/s1. The second-order valence-electron chi connectivity index (χ2n) is 10.4. The SMILES string of the molecule is O=C([C@@H]1C[C@H]1c1ccccc1)N1CCc2c(cc(-c3cccc4ccsc34)c(=O)n2CC2CC2)C1. The number of pyridine rings is 1. The summed E-state index contributed by atoms with van der Waals surface area (Å²) in [4.78, 5) is 29.3. The zero-order valence-electron chi connectivity index (χ0n) is 19.7. The van der Waals surface area contributed by atoms with Crippen LogP contribution in [-0.2, 0) is 24.3 Å². The van der Waals surface area contributed by atoms with Gasteiger partial charge < -0.3 is 9.47 Å².